The minimum absolute atomic E-state index is 0.117. The Bertz CT molecular complexity index is 534. The van der Waals surface area contributed by atoms with Crippen molar-refractivity contribution in [3.05, 3.63) is 29.8 Å². The van der Waals surface area contributed by atoms with Crippen LogP contribution in [0.5, 0.6) is 0 Å². The minimum atomic E-state index is -1.06. The molecule has 0 aliphatic rings. The smallest absolute Gasteiger partial charge is 0.242 e. The van der Waals surface area contributed by atoms with Crippen molar-refractivity contribution in [3.63, 3.8) is 0 Å². The van der Waals surface area contributed by atoms with Gasteiger partial charge in [-0.2, -0.15) is 0 Å². The molecule has 0 aliphatic heterocycles. The number of hydrogen-bond acceptors (Lipinski definition) is 2. The summed E-state index contributed by atoms with van der Waals surface area (Å²) < 4.78 is 0. The number of carbonyl (C=O) groups is 2. The number of carbonyl (C=O) groups excluding carboxylic acids is 2. The number of hydrogen-bond donors (Lipinski definition) is 0. The van der Waals surface area contributed by atoms with Gasteiger partial charge in [0.2, 0.25) is 11.8 Å². The van der Waals surface area contributed by atoms with Gasteiger partial charge in [0.05, 0.1) is 0 Å². The van der Waals surface area contributed by atoms with Gasteiger partial charge in [0.1, 0.15) is 5.41 Å². The molecule has 0 radical (unpaired) electrons. The van der Waals surface area contributed by atoms with Gasteiger partial charge in [-0.05, 0) is 59.2 Å². The fourth-order valence-electron chi connectivity index (χ4n) is 2.57. The monoisotopic (exact) mass is 304 g/mol. The van der Waals surface area contributed by atoms with Gasteiger partial charge in [0.15, 0.2) is 0 Å². The molecule has 2 amide bonds. The van der Waals surface area contributed by atoms with E-state index in [0.29, 0.717) is 19.6 Å². The van der Waals surface area contributed by atoms with Crippen LogP contribution in [0.1, 0.15) is 40.2 Å². The summed E-state index contributed by atoms with van der Waals surface area (Å²) in [5, 5.41) is 0. The maximum Gasteiger partial charge on any atom is 0.242 e. The molecule has 0 unspecified atom stereocenters. The lowest BCUT2D eigenvalue weighted by Gasteiger charge is -2.34. The lowest BCUT2D eigenvalue weighted by molar-refractivity contribution is -0.147. The summed E-state index contributed by atoms with van der Waals surface area (Å²) in [5.74, 6) is -0.272. The molecule has 0 aromatic heterocycles. The Morgan fingerprint density at radius 2 is 1.59 bits per heavy atom. The summed E-state index contributed by atoms with van der Waals surface area (Å²) in [6.45, 7) is 13.0. The number of benzene rings is 1. The van der Waals surface area contributed by atoms with Crippen molar-refractivity contribution < 1.29 is 9.59 Å². The van der Waals surface area contributed by atoms with Crippen molar-refractivity contribution in [1.82, 2.24) is 4.90 Å². The number of rotatable bonds is 6. The minimum Gasteiger partial charge on any atom is -0.342 e. The Morgan fingerprint density at radius 3 is 2.05 bits per heavy atom. The van der Waals surface area contributed by atoms with Crippen molar-refractivity contribution in [2.45, 2.75) is 41.5 Å². The molecule has 0 N–H and O–H groups in total. The Labute approximate surface area is 134 Å². The first-order chi connectivity index (χ1) is 10.3. The summed E-state index contributed by atoms with van der Waals surface area (Å²) in [6.07, 6.45) is 0. The zero-order valence-corrected chi connectivity index (χ0v) is 14.6. The van der Waals surface area contributed by atoms with Crippen molar-refractivity contribution in [2.24, 2.45) is 5.41 Å². The zero-order chi connectivity index (χ0) is 16.9. The van der Waals surface area contributed by atoms with Crippen molar-refractivity contribution in [3.8, 4) is 0 Å². The second-order valence-electron chi connectivity index (χ2n) is 5.99. The molecule has 22 heavy (non-hydrogen) atoms. The largest absolute Gasteiger partial charge is 0.342 e. The predicted octanol–water partition coefficient (Wildman–Crippen LogP) is 3.24. The lowest BCUT2D eigenvalue weighted by Crippen LogP contribution is -2.51. The van der Waals surface area contributed by atoms with E-state index in [4.69, 9.17) is 0 Å². The molecule has 1 aromatic rings. The van der Waals surface area contributed by atoms with Crippen molar-refractivity contribution in [1.29, 1.82) is 0 Å². The van der Waals surface area contributed by atoms with Crippen LogP contribution < -0.4 is 4.90 Å². The molecule has 0 atom stereocenters. The fourth-order valence-corrected chi connectivity index (χ4v) is 2.57. The van der Waals surface area contributed by atoms with E-state index in [0.717, 1.165) is 11.3 Å². The Balaban J connectivity index is 3.12. The first kappa shape index (κ1) is 18.2. The number of aryl methyl sites for hydroxylation is 1. The average molecular weight is 304 g/mol. The Kier molecular flexibility index (Phi) is 6.15. The van der Waals surface area contributed by atoms with Crippen LogP contribution in [-0.2, 0) is 9.59 Å². The van der Waals surface area contributed by atoms with E-state index in [1.807, 2.05) is 52.0 Å². The van der Waals surface area contributed by atoms with Crippen LogP contribution >= 0.6 is 0 Å². The fraction of sp³-hybridized carbons (Fsp3) is 0.556. The molecule has 0 heterocycles. The van der Waals surface area contributed by atoms with Crippen LogP contribution in [-0.4, -0.2) is 36.3 Å². The molecule has 1 rings (SSSR count). The summed E-state index contributed by atoms with van der Waals surface area (Å²) in [5.41, 5.74) is 0.871. The molecule has 0 fully saturated rings. The van der Waals surface area contributed by atoms with Crippen molar-refractivity contribution >= 4 is 17.5 Å². The number of amides is 2. The molecule has 0 saturated heterocycles. The van der Waals surface area contributed by atoms with Crippen LogP contribution in [0.15, 0.2) is 24.3 Å². The van der Waals surface area contributed by atoms with Gasteiger partial charge in [0, 0.05) is 25.3 Å². The van der Waals surface area contributed by atoms with E-state index in [1.54, 1.807) is 23.6 Å². The molecule has 1 aromatic carbocycles. The highest BCUT2D eigenvalue weighted by molar-refractivity contribution is 6.11. The molecule has 0 aliphatic carbocycles. The molecule has 0 bridgehead atoms. The number of anilines is 1. The second-order valence-corrected chi connectivity index (χ2v) is 5.99. The summed E-state index contributed by atoms with van der Waals surface area (Å²) >= 11 is 0. The SMILES string of the molecule is CCN(CC)C(=O)C(C)(C)C(=O)N(CC)c1cccc(C)c1. The van der Waals surface area contributed by atoms with Gasteiger partial charge in [-0.25, -0.2) is 0 Å². The summed E-state index contributed by atoms with van der Waals surface area (Å²) in [7, 11) is 0. The van der Waals surface area contributed by atoms with E-state index < -0.39 is 5.41 Å². The Hall–Kier alpha value is -1.84. The highest BCUT2D eigenvalue weighted by Crippen LogP contribution is 2.26. The Morgan fingerprint density at radius 1 is 1.00 bits per heavy atom. The highest BCUT2D eigenvalue weighted by atomic mass is 16.2. The van der Waals surface area contributed by atoms with Crippen LogP contribution in [0, 0.1) is 12.3 Å². The molecule has 4 nitrogen and oxygen atoms in total. The predicted molar refractivity (Wildman–Crippen MR) is 90.9 cm³/mol. The first-order valence-corrected chi connectivity index (χ1v) is 7.97. The van der Waals surface area contributed by atoms with Crippen LogP contribution in [0.25, 0.3) is 0 Å². The zero-order valence-electron chi connectivity index (χ0n) is 14.6. The number of nitrogens with zero attached hydrogens (tertiary/aromatic N) is 2. The normalized spacial score (nSPS) is 11.2. The van der Waals surface area contributed by atoms with E-state index in [2.05, 4.69) is 0 Å². The van der Waals surface area contributed by atoms with Gasteiger partial charge in [-0.15, -0.1) is 0 Å². The van der Waals surface area contributed by atoms with Crippen molar-refractivity contribution in [2.75, 3.05) is 24.5 Å². The molecular formula is C18H28N2O2. The van der Waals surface area contributed by atoms with E-state index in [9.17, 15) is 9.59 Å². The van der Waals surface area contributed by atoms with Gasteiger partial charge >= 0.3 is 0 Å². The molecular weight excluding hydrogens is 276 g/mol. The average Bonchev–Trinajstić information content (AvgIpc) is 2.49. The second kappa shape index (κ2) is 7.43. The standard InChI is InChI=1S/C18H28N2O2/c1-7-19(8-2)16(21)18(5,6)17(22)20(9-3)15-12-10-11-14(4)13-15/h10-13H,7-9H2,1-6H3. The molecule has 122 valence electrons. The topological polar surface area (TPSA) is 40.6 Å². The van der Waals surface area contributed by atoms with Gasteiger partial charge in [0.25, 0.3) is 0 Å². The first-order valence-electron chi connectivity index (χ1n) is 7.97. The van der Waals surface area contributed by atoms with Crippen LogP contribution in [0.4, 0.5) is 5.69 Å². The maximum absolute atomic E-state index is 13.0. The molecule has 0 spiro atoms. The third-order valence-corrected chi connectivity index (χ3v) is 3.99. The lowest BCUT2D eigenvalue weighted by atomic mass is 9.89. The molecule has 4 heteroatoms. The van der Waals surface area contributed by atoms with Gasteiger partial charge in [-0.1, -0.05) is 12.1 Å². The highest BCUT2D eigenvalue weighted by Gasteiger charge is 2.41. The third-order valence-electron chi connectivity index (χ3n) is 3.99. The quantitative estimate of drug-likeness (QED) is 0.757. The third kappa shape index (κ3) is 3.67. The van der Waals surface area contributed by atoms with Crippen LogP contribution in [0.2, 0.25) is 0 Å². The maximum atomic E-state index is 13.0. The summed E-state index contributed by atoms with van der Waals surface area (Å²) in [6, 6.07) is 7.81. The van der Waals surface area contributed by atoms with Gasteiger partial charge in [-0.3, -0.25) is 9.59 Å². The van der Waals surface area contributed by atoms with Crippen LogP contribution in [0.3, 0.4) is 0 Å². The van der Waals surface area contributed by atoms with Gasteiger partial charge < -0.3 is 9.80 Å². The van der Waals surface area contributed by atoms with E-state index in [1.165, 1.54) is 0 Å². The molecule has 0 saturated carbocycles. The summed E-state index contributed by atoms with van der Waals surface area (Å²) in [4.78, 5) is 29.0. The van der Waals surface area contributed by atoms with E-state index >= 15 is 0 Å². The van der Waals surface area contributed by atoms with E-state index in [-0.39, 0.29) is 11.8 Å².